The van der Waals surface area contributed by atoms with Crippen LogP contribution < -0.4 is 5.32 Å². The molecule has 0 bridgehead atoms. The zero-order chi connectivity index (χ0) is 11.1. The Kier molecular flexibility index (Phi) is 5.60. The summed E-state index contributed by atoms with van der Waals surface area (Å²) in [4.78, 5) is 13.0. The van der Waals surface area contributed by atoms with E-state index in [0.717, 1.165) is 32.6 Å². The Morgan fingerprint density at radius 3 is 2.73 bits per heavy atom. The monoisotopic (exact) mass is 216 g/mol. The maximum Gasteiger partial charge on any atom is 0.233 e. The minimum Gasteiger partial charge on any atom is -0.358 e. The van der Waals surface area contributed by atoms with Crippen molar-refractivity contribution >= 4 is 5.91 Å². The molecule has 1 aliphatic rings. The van der Waals surface area contributed by atoms with Crippen molar-refractivity contribution in [1.29, 1.82) is 0 Å². The number of hydrogen-bond acceptors (Lipinski definition) is 4. The summed E-state index contributed by atoms with van der Waals surface area (Å²) in [5, 5.41) is 2.59. The molecule has 0 unspecified atom stereocenters. The SMILES string of the molecule is CNC(=O)CN(C)CCC1OCCCO1. The van der Waals surface area contributed by atoms with Crippen molar-refractivity contribution in [3.63, 3.8) is 0 Å². The Morgan fingerprint density at radius 1 is 1.47 bits per heavy atom. The molecule has 1 fully saturated rings. The maximum absolute atomic E-state index is 11.1. The first-order valence-electron chi connectivity index (χ1n) is 5.34. The first-order valence-corrected chi connectivity index (χ1v) is 5.34. The van der Waals surface area contributed by atoms with Gasteiger partial charge in [0.2, 0.25) is 5.91 Å². The molecule has 88 valence electrons. The van der Waals surface area contributed by atoms with Gasteiger partial charge in [-0.2, -0.15) is 0 Å². The number of rotatable bonds is 5. The lowest BCUT2D eigenvalue weighted by atomic mass is 10.3. The highest BCUT2D eigenvalue weighted by atomic mass is 16.7. The fourth-order valence-electron chi connectivity index (χ4n) is 1.43. The largest absolute Gasteiger partial charge is 0.358 e. The maximum atomic E-state index is 11.1. The van der Waals surface area contributed by atoms with Gasteiger partial charge in [0.25, 0.3) is 0 Å². The van der Waals surface area contributed by atoms with Crippen molar-refractivity contribution in [3.8, 4) is 0 Å². The normalized spacial score (nSPS) is 18.1. The van der Waals surface area contributed by atoms with Crippen LogP contribution in [-0.4, -0.2) is 57.5 Å². The van der Waals surface area contributed by atoms with Crippen molar-refractivity contribution < 1.29 is 14.3 Å². The lowest BCUT2D eigenvalue weighted by Gasteiger charge is -2.25. The van der Waals surface area contributed by atoms with Crippen LogP contribution in [0.3, 0.4) is 0 Å². The first-order chi connectivity index (χ1) is 7.22. The summed E-state index contributed by atoms with van der Waals surface area (Å²) in [6.45, 7) is 2.79. The molecule has 1 rings (SSSR count). The van der Waals surface area contributed by atoms with Crippen LogP contribution in [0.1, 0.15) is 12.8 Å². The second-order valence-corrected chi connectivity index (χ2v) is 3.72. The molecular formula is C10H20N2O3. The number of likely N-dealkylation sites (N-methyl/N-ethyl adjacent to an activating group) is 2. The number of nitrogens with zero attached hydrogens (tertiary/aromatic N) is 1. The third-order valence-electron chi connectivity index (χ3n) is 2.34. The molecule has 1 aliphatic heterocycles. The molecule has 0 atom stereocenters. The number of amides is 1. The van der Waals surface area contributed by atoms with E-state index in [2.05, 4.69) is 5.32 Å². The highest BCUT2D eigenvalue weighted by Gasteiger charge is 2.15. The van der Waals surface area contributed by atoms with E-state index in [9.17, 15) is 4.79 Å². The van der Waals surface area contributed by atoms with Gasteiger partial charge >= 0.3 is 0 Å². The molecule has 0 saturated carbocycles. The van der Waals surface area contributed by atoms with Gasteiger partial charge in [-0.1, -0.05) is 0 Å². The number of carbonyl (C=O) groups excluding carboxylic acids is 1. The van der Waals surface area contributed by atoms with Crippen LogP contribution in [0.25, 0.3) is 0 Å². The fraction of sp³-hybridized carbons (Fsp3) is 0.900. The summed E-state index contributed by atoms with van der Waals surface area (Å²) >= 11 is 0. The molecule has 0 aliphatic carbocycles. The van der Waals surface area contributed by atoms with Crippen LogP contribution in [-0.2, 0) is 14.3 Å². The van der Waals surface area contributed by atoms with E-state index in [1.54, 1.807) is 7.05 Å². The molecule has 15 heavy (non-hydrogen) atoms. The molecule has 1 heterocycles. The molecule has 0 aromatic rings. The van der Waals surface area contributed by atoms with Crippen LogP contribution in [0, 0.1) is 0 Å². The minimum absolute atomic E-state index is 0.0305. The van der Waals surface area contributed by atoms with E-state index in [0.29, 0.717) is 6.54 Å². The Balaban J connectivity index is 2.09. The van der Waals surface area contributed by atoms with Crippen LogP contribution in [0.15, 0.2) is 0 Å². The van der Waals surface area contributed by atoms with E-state index in [1.165, 1.54) is 0 Å². The molecule has 0 aromatic heterocycles. The van der Waals surface area contributed by atoms with E-state index < -0.39 is 0 Å². The predicted molar refractivity (Wildman–Crippen MR) is 56.5 cm³/mol. The highest BCUT2D eigenvalue weighted by Crippen LogP contribution is 2.08. The summed E-state index contributed by atoms with van der Waals surface area (Å²) < 4.78 is 10.8. The van der Waals surface area contributed by atoms with E-state index in [1.807, 2.05) is 11.9 Å². The number of hydrogen-bond donors (Lipinski definition) is 1. The molecule has 1 N–H and O–H groups in total. The lowest BCUT2D eigenvalue weighted by molar-refractivity contribution is -0.182. The Morgan fingerprint density at radius 2 is 2.13 bits per heavy atom. The Labute approximate surface area is 90.7 Å². The topological polar surface area (TPSA) is 50.8 Å². The van der Waals surface area contributed by atoms with Gasteiger partial charge in [0.1, 0.15) is 0 Å². The summed E-state index contributed by atoms with van der Waals surface area (Å²) in [7, 11) is 3.56. The Bertz CT molecular complexity index is 193. The first kappa shape index (κ1) is 12.4. The van der Waals surface area contributed by atoms with Gasteiger partial charge in [-0.15, -0.1) is 0 Å². The van der Waals surface area contributed by atoms with Gasteiger partial charge in [0, 0.05) is 20.0 Å². The van der Waals surface area contributed by atoms with Crippen LogP contribution >= 0.6 is 0 Å². The van der Waals surface area contributed by atoms with Crippen molar-refractivity contribution in [1.82, 2.24) is 10.2 Å². The zero-order valence-corrected chi connectivity index (χ0v) is 9.49. The molecular weight excluding hydrogens is 196 g/mol. The summed E-state index contributed by atoms with van der Waals surface area (Å²) in [6, 6.07) is 0. The molecule has 0 spiro atoms. The number of nitrogens with one attached hydrogen (secondary N) is 1. The van der Waals surface area contributed by atoms with Gasteiger partial charge in [0.15, 0.2) is 6.29 Å². The second kappa shape index (κ2) is 6.76. The smallest absolute Gasteiger partial charge is 0.233 e. The lowest BCUT2D eigenvalue weighted by Crippen LogP contribution is -2.36. The number of ether oxygens (including phenoxy) is 2. The highest BCUT2D eigenvalue weighted by molar-refractivity contribution is 5.77. The Hall–Kier alpha value is -0.650. The molecule has 1 amide bonds. The average molecular weight is 216 g/mol. The van der Waals surface area contributed by atoms with Crippen LogP contribution in [0.5, 0.6) is 0 Å². The van der Waals surface area contributed by atoms with Crippen LogP contribution in [0.4, 0.5) is 0 Å². The van der Waals surface area contributed by atoms with Crippen molar-refractivity contribution in [2.24, 2.45) is 0 Å². The quantitative estimate of drug-likeness (QED) is 0.692. The van der Waals surface area contributed by atoms with Crippen molar-refractivity contribution in [2.45, 2.75) is 19.1 Å². The minimum atomic E-state index is -0.0918. The van der Waals surface area contributed by atoms with E-state index in [-0.39, 0.29) is 12.2 Å². The van der Waals surface area contributed by atoms with Crippen LogP contribution in [0.2, 0.25) is 0 Å². The van der Waals surface area contributed by atoms with Gasteiger partial charge < -0.3 is 14.8 Å². The van der Waals surface area contributed by atoms with Gasteiger partial charge in [-0.05, 0) is 13.5 Å². The van der Waals surface area contributed by atoms with Gasteiger partial charge in [-0.3, -0.25) is 9.69 Å². The molecule has 5 heteroatoms. The van der Waals surface area contributed by atoms with Gasteiger partial charge in [0.05, 0.1) is 19.8 Å². The molecule has 0 radical (unpaired) electrons. The molecule has 1 saturated heterocycles. The van der Waals surface area contributed by atoms with E-state index in [4.69, 9.17) is 9.47 Å². The van der Waals surface area contributed by atoms with E-state index >= 15 is 0 Å². The third kappa shape index (κ3) is 5.11. The number of carbonyl (C=O) groups is 1. The van der Waals surface area contributed by atoms with Gasteiger partial charge in [-0.25, -0.2) is 0 Å². The summed E-state index contributed by atoms with van der Waals surface area (Å²) in [5.41, 5.74) is 0. The second-order valence-electron chi connectivity index (χ2n) is 3.72. The summed E-state index contributed by atoms with van der Waals surface area (Å²) in [6.07, 6.45) is 1.70. The zero-order valence-electron chi connectivity index (χ0n) is 9.49. The third-order valence-corrected chi connectivity index (χ3v) is 2.34. The van der Waals surface area contributed by atoms with Crippen molar-refractivity contribution in [2.75, 3.05) is 40.4 Å². The fourth-order valence-corrected chi connectivity index (χ4v) is 1.43. The molecule has 5 nitrogen and oxygen atoms in total. The van der Waals surface area contributed by atoms with Crippen molar-refractivity contribution in [3.05, 3.63) is 0 Å². The summed E-state index contributed by atoms with van der Waals surface area (Å²) in [5.74, 6) is 0.0305. The average Bonchev–Trinajstić information content (AvgIpc) is 2.27. The standard InChI is InChI=1S/C10H20N2O3/c1-11-9(13)8-12(2)5-4-10-14-6-3-7-15-10/h10H,3-8H2,1-2H3,(H,11,13). The molecule has 0 aromatic carbocycles. The predicted octanol–water partition coefficient (Wildman–Crippen LogP) is -0.183.